The molecule has 0 unspecified atom stereocenters. The first kappa shape index (κ1) is 27.0. The molecule has 0 N–H and O–H groups in total. The molecule has 0 atom stereocenters. The topological polar surface area (TPSA) is 24.7 Å². The summed E-state index contributed by atoms with van der Waals surface area (Å²) in [5.74, 6) is 0. The van der Waals surface area contributed by atoms with E-state index in [2.05, 4.69) is 106 Å². The second-order valence-corrected chi connectivity index (χ2v) is 11.5. The SMILES string of the molecule is C/C(=C/C(C)(C)C)N=CC(C)(C)C.C/C(=C/N=CC(C)(C)C)C(C)(C)C. The molecule has 0 saturated heterocycles. The highest BCUT2D eigenvalue weighted by Crippen LogP contribution is 2.24. The van der Waals surface area contributed by atoms with Gasteiger partial charge in [-0.2, -0.15) is 0 Å². The van der Waals surface area contributed by atoms with Gasteiger partial charge in [0.1, 0.15) is 0 Å². The molecule has 0 spiro atoms. The zero-order valence-electron chi connectivity index (χ0n) is 20.2. The molecule has 0 aliphatic heterocycles. The lowest BCUT2D eigenvalue weighted by molar-refractivity contribution is 0.502. The summed E-state index contributed by atoms with van der Waals surface area (Å²) in [5, 5.41) is 0. The first-order valence-corrected chi connectivity index (χ1v) is 9.69. The van der Waals surface area contributed by atoms with E-state index in [1.165, 1.54) is 5.57 Å². The van der Waals surface area contributed by atoms with Gasteiger partial charge >= 0.3 is 0 Å². The zero-order valence-corrected chi connectivity index (χ0v) is 20.2. The van der Waals surface area contributed by atoms with Crippen LogP contribution in [0, 0.1) is 21.7 Å². The summed E-state index contributed by atoms with van der Waals surface area (Å²) in [5.41, 5.74) is 3.21. The summed E-state index contributed by atoms with van der Waals surface area (Å²) in [6.07, 6.45) is 8.15. The standard InChI is InChI=1S/2C12H23N/c1-10(12(5,6)7)8-13-9-11(2,3)4;1-10(8-11(2,3)4)13-9-12(5,6)7/h2*8-9H,1-7H3/b2*10-8-,13-9?. The Balaban J connectivity index is 0. The minimum absolute atomic E-state index is 0.174. The molecule has 0 aromatic carbocycles. The minimum atomic E-state index is 0.174. The Hall–Kier alpha value is -1.18. The molecule has 0 aromatic rings. The molecular weight excluding hydrogens is 316 g/mol. The van der Waals surface area contributed by atoms with E-state index in [9.17, 15) is 0 Å². The Morgan fingerprint density at radius 3 is 1.35 bits per heavy atom. The number of nitrogens with zero attached hydrogens (tertiary/aromatic N) is 2. The molecular formula is C24H46N2. The number of hydrogen-bond donors (Lipinski definition) is 0. The van der Waals surface area contributed by atoms with Crippen LogP contribution in [0.3, 0.4) is 0 Å². The molecule has 0 radical (unpaired) electrons. The second-order valence-electron chi connectivity index (χ2n) is 11.5. The summed E-state index contributed by atoms with van der Waals surface area (Å²) >= 11 is 0. The predicted octanol–water partition coefficient (Wildman–Crippen LogP) is 8.11. The number of aliphatic imine (C=N–C) groups is 2. The van der Waals surface area contributed by atoms with Crippen molar-refractivity contribution in [2.45, 2.75) is 96.9 Å². The normalized spacial score (nSPS) is 15.5. The van der Waals surface area contributed by atoms with Crippen LogP contribution in [0.15, 0.2) is 33.5 Å². The van der Waals surface area contributed by atoms with Gasteiger partial charge in [0.25, 0.3) is 0 Å². The Kier molecular flexibility index (Phi) is 10.6. The summed E-state index contributed by atoms with van der Waals surface area (Å²) in [6, 6.07) is 0. The van der Waals surface area contributed by atoms with Crippen LogP contribution < -0.4 is 0 Å². The van der Waals surface area contributed by atoms with E-state index in [1.54, 1.807) is 0 Å². The maximum Gasteiger partial charge on any atom is 0.0334 e. The third-order valence-corrected chi connectivity index (χ3v) is 3.21. The lowest BCUT2D eigenvalue weighted by Crippen LogP contribution is -2.07. The monoisotopic (exact) mass is 362 g/mol. The quantitative estimate of drug-likeness (QED) is 0.443. The van der Waals surface area contributed by atoms with Gasteiger partial charge < -0.3 is 0 Å². The van der Waals surface area contributed by atoms with Crippen LogP contribution in [0.5, 0.6) is 0 Å². The van der Waals surface area contributed by atoms with E-state index in [4.69, 9.17) is 0 Å². The Morgan fingerprint density at radius 1 is 0.615 bits per heavy atom. The number of allylic oxidation sites excluding steroid dienone is 3. The lowest BCUT2D eigenvalue weighted by Gasteiger charge is -2.18. The molecule has 0 rings (SSSR count). The van der Waals surface area contributed by atoms with Crippen molar-refractivity contribution in [2.24, 2.45) is 31.6 Å². The van der Waals surface area contributed by atoms with Gasteiger partial charge in [0.2, 0.25) is 0 Å². The minimum Gasteiger partial charge on any atom is -0.269 e. The molecule has 2 nitrogen and oxygen atoms in total. The van der Waals surface area contributed by atoms with Gasteiger partial charge in [-0.05, 0) is 41.1 Å². The van der Waals surface area contributed by atoms with Crippen LogP contribution in [-0.4, -0.2) is 12.4 Å². The lowest BCUT2D eigenvalue weighted by atomic mass is 9.88. The van der Waals surface area contributed by atoms with Gasteiger partial charge in [-0.1, -0.05) is 89.2 Å². The second kappa shape index (κ2) is 10.2. The van der Waals surface area contributed by atoms with Crippen LogP contribution in [0.4, 0.5) is 0 Å². The smallest absolute Gasteiger partial charge is 0.0334 e. The first-order chi connectivity index (χ1) is 11.2. The van der Waals surface area contributed by atoms with Crippen LogP contribution in [0.1, 0.15) is 96.9 Å². The summed E-state index contributed by atoms with van der Waals surface area (Å²) in [7, 11) is 0. The first-order valence-electron chi connectivity index (χ1n) is 9.69. The maximum absolute atomic E-state index is 4.42. The molecule has 152 valence electrons. The molecule has 0 aromatic heterocycles. The van der Waals surface area contributed by atoms with Crippen molar-refractivity contribution < 1.29 is 0 Å². The summed E-state index contributed by atoms with van der Waals surface area (Å²) < 4.78 is 0. The molecule has 0 fully saturated rings. The van der Waals surface area contributed by atoms with E-state index in [-0.39, 0.29) is 21.7 Å². The largest absolute Gasteiger partial charge is 0.269 e. The Bertz CT molecular complexity index is 517. The van der Waals surface area contributed by atoms with Gasteiger partial charge in [-0.15, -0.1) is 0 Å². The van der Waals surface area contributed by atoms with E-state index < -0.39 is 0 Å². The zero-order chi connectivity index (χ0) is 21.4. The fourth-order valence-corrected chi connectivity index (χ4v) is 1.53. The Labute approximate surface area is 165 Å². The summed E-state index contributed by atoms with van der Waals surface area (Å²) in [4.78, 5) is 8.74. The van der Waals surface area contributed by atoms with Crippen molar-refractivity contribution in [1.82, 2.24) is 0 Å². The Morgan fingerprint density at radius 2 is 1.04 bits per heavy atom. The molecule has 2 heteroatoms. The molecule has 0 heterocycles. The van der Waals surface area contributed by atoms with E-state index in [1.807, 2.05) is 25.6 Å². The van der Waals surface area contributed by atoms with Gasteiger partial charge in [-0.3, -0.25) is 9.98 Å². The fourth-order valence-electron chi connectivity index (χ4n) is 1.53. The van der Waals surface area contributed by atoms with E-state index in [0.717, 1.165) is 5.70 Å². The summed E-state index contributed by atoms with van der Waals surface area (Å²) in [6.45, 7) is 30.2. The van der Waals surface area contributed by atoms with E-state index in [0.29, 0.717) is 0 Å². The van der Waals surface area contributed by atoms with Crippen molar-refractivity contribution in [3.8, 4) is 0 Å². The van der Waals surface area contributed by atoms with Crippen LogP contribution >= 0.6 is 0 Å². The third-order valence-electron chi connectivity index (χ3n) is 3.21. The van der Waals surface area contributed by atoms with Gasteiger partial charge in [0.05, 0.1) is 0 Å². The van der Waals surface area contributed by atoms with Crippen molar-refractivity contribution in [1.29, 1.82) is 0 Å². The highest BCUT2D eigenvalue weighted by Gasteiger charge is 2.12. The van der Waals surface area contributed by atoms with E-state index >= 15 is 0 Å². The fraction of sp³-hybridized carbons (Fsp3) is 0.750. The molecule has 0 bridgehead atoms. The number of hydrogen-bond acceptors (Lipinski definition) is 2. The van der Waals surface area contributed by atoms with Crippen LogP contribution in [0.25, 0.3) is 0 Å². The molecule has 26 heavy (non-hydrogen) atoms. The molecule has 0 aliphatic rings. The highest BCUT2D eigenvalue weighted by atomic mass is 14.7. The van der Waals surface area contributed by atoms with Gasteiger partial charge in [0, 0.05) is 24.3 Å². The van der Waals surface area contributed by atoms with Crippen molar-refractivity contribution in [3.63, 3.8) is 0 Å². The molecule has 0 amide bonds. The third kappa shape index (κ3) is 20.9. The van der Waals surface area contributed by atoms with Crippen molar-refractivity contribution in [3.05, 3.63) is 23.5 Å². The maximum atomic E-state index is 4.42. The van der Waals surface area contributed by atoms with Crippen LogP contribution in [-0.2, 0) is 0 Å². The highest BCUT2D eigenvalue weighted by molar-refractivity contribution is 5.65. The van der Waals surface area contributed by atoms with Crippen LogP contribution in [0.2, 0.25) is 0 Å². The predicted molar refractivity (Wildman–Crippen MR) is 122 cm³/mol. The van der Waals surface area contributed by atoms with Crippen molar-refractivity contribution >= 4 is 12.4 Å². The van der Waals surface area contributed by atoms with Crippen molar-refractivity contribution in [2.75, 3.05) is 0 Å². The van der Waals surface area contributed by atoms with Gasteiger partial charge in [0.15, 0.2) is 0 Å². The number of rotatable bonds is 2. The molecule has 0 aliphatic carbocycles. The molecule has 0 saturated carbocycles. The average molecular weight is 363 g/mol. The van der Waals surface area contributed by atoms with Gasteiger partial charge in [-0.25, -0.2) is 0 Å². The average Bonchev–Trinajstić information content (AvgIpc) is 2.31.